The van der Waals surface area contributed by atoms with E-state index in [-0.39, 0.29) is 12.3 Å². The molecule has 0 aliphatic carbocycles. The molecule has 0 spiro atoms. The number of methoxy groups -OCH3 is 1. The highest BCUT2D eigenvalue weighted by Gasteiger charge is 2.26. The number of hydrogen-bond donors (Lipinski definition) is 0. The summed E-state index contributed by atoms with van der Waals surface area (Å²) in [6.07, 6.45) is -0.524. The summed E-state index contributed by atoms with van der Waals surface area (Å²) in [5.74, 6) is 0.555. The van der Waals surface area contributed by atoms with E-state index in [0.717, 1.165) is 9.79 Å². The molecule has 2 rings (SSSR count). The van der Waals surface area contributed by atoms with E-state index in [0.29, 0.717) is 11.4 Å². The van der Waals surface area contributed by atoms with Gasteiger partial charge in [-0.25, -0.2) is 4.79 Å². The van der Waals surface area contributed by atoms with Crippen LogP contribution in [0.4, 0.5) is 16.2 Å². The number of anilines is 1. The Morgan fingerprint density at radius 2 is 1.96 bits per heavy atom. The van der Waals surface area contributed by atoms with E-state index in [1.165, 1.54) is 22.2 Å². The fourth-order valence-electron chi connectivity index (χ4n) is 2.18. The standard InChI is InChI=1S/C18H20N3O3S/c1-5-24-18(22)21(3)15-11-17(16(23-4)10-14(15)20-19)25-13-8-6-12(2)7-9-13/h6-11H,5H2,1-4H3/q+1. The molecule has 0 fully saturated rings. The first kappa shape index (κ1) is 18.6. The third-order valence-electron chi connectivity index (χ3n) is 3.52. The molecular weight excluding hydrogens is 338 g/mol. The van der Waals surface area contributed by atoms with Crippen molar-refractivity contribution in [2.24, 2.45) is 0 Å². The average Bonchev–Trinajstić information content (AvgIpc) is 2.62. The van der Waals surface area contributed by atoms with Crippen molar-refractivity contribution in [2.75, 3.05) is 25.7 Å². The molecule has 0 N–H and O–H groups in total. The Balaban J connectivity index is 2.44. The van der Waals surface area contributed by atoms with E-state index in [4.69, 9.17) is 9.47 Å². The monoisotopic (exact) mass is 358 g/mol. The van der Waals surface area contributed by atoms with Crippen molar-refractivity contribution < 1.29 is 14.3 Å². The van der Waals surface area contributed by atoms with Gasteiger partial charge < -0.3 is 9.47 Å². The van der Waals surface area contributed by atoms with Crippen LogP contribution >= 0.6 is 11.8 Å². The number of aryl methyl sites for hydroxylation is 1. The lowest BCUT2D eigenvalue weighted by atomic mass is 10.2. The van der Waals surface area contributed by atoms with Gasteiger partial charge in [-0.15, -0.1) is 0 Å². The van der Waals surface area contributed by atoms with Crippen molar-refractivity contribution in [3.8, 4) is 5.75 Å². The number of carbonyl (C=O) groups excluding carboxylic acids is 1. The smallest absolute Gasteiger partial charge is 0.414 e. The minimum Gasteiger partial charge on any atom is -0.495 e. The highest BCUT2D eigenvalue weighted by atomic mass is 32.2. The predicted molar refractivity (Wildman–Crippen MR) is 98.5 cm³/mol. The Bertz CT molecular complexity index is 800. The van der Waals surface area contributed by atoms with Gasteiger partial charge in [-0.3, -0.25) is 4.90 Å². The molecule has 0 saturated heterocycles. The first-order chi connectivity index (χ1) is 12.0. The molecule has 2 aromatic carbocycles. The van der Waals surface area contributed by atoms with Gasteiger partial charge in [0.25, 0.3) is 0 Å². The summed E-state index contributed by atoms with van der Waals surface area (Å²) < 4.78 is 10.4. The Hall–Kier alpha value is -2.72. The lowest BCUT2D eigenvalue weighted by molar-refractivity contribution is 0.161. The van der Waals surface area contributed by atoms with Crippen LogP contribution < -0.4 is 9.64 Å². The predicted octanol–water partition coefficient (Wildman–Crippen LogP) is 5.23. The molecule has 0 bridgehead atoms. The summed E-state index contributed by atoms with van der Waals surface area (Å²) in [4.78, 5) is 18.4. The lowest BCUT2D eigenvalue weighted by Crippen LogP contribution is -2.27. The highest BCUT2D eigenvalue weighted by molar-refractivity contribution is 7.99. The lowest BCUT2D eigenvalue weighted by Gasteiger charge is -2.16. The summed E-state index contributed by atoms with van der Waals surface area (Å²) >= 11 is 1.50. The van der Waals surface area contributed by atoms with Gasteiger partial charge in [0.1, 0.15) is 11.4 Å². The van der Waals surface area contributed by atoms with Crippen LogP contribution in [-0.2, 0) is 4.74 Å². The third-order valence-corrected chi connectivity index (χ3v) is 4.57. The summed E-state index contributed by atoms with van der Waals surface area (Å²) in [5, 5.41) is 9.29. The van der Waals surface area contributed by atoms with Crippen LogP contribution in [0.25, 0.3) is 4.98 Å². The van der Waals surface area contributed by atoms with Crippen molar-refractivity contribution in [2.45, 2.75) is 23.6 Å². The van der Waals surface area contributed by atoms with Crippen molar-refractivity contribution in [3.63, 3.8) is 0 Å². The molecule has 0 aliphatic heterocycles. The topological polar surface area (TPSA) is 66.9 Å². The normalized spacial score (nSPS) is 10.0. The Morgan fingerprint density at radius 1 is 1.28 bits per heavy atom. The number of rotatable bonds is 5. The van der Waals surface area contributed by atoms with Crippen molar-refractivity contribution in [1.29, 1.82) is 5.39 Å². The molecule has 0 radical (unpaired) electrons. The number of carbonyl (C=O) groups is 1. The zero-order chi connectivity index (χ0) is 18.4. The van der Waals surface area contributed by atoms with Gasteiger partial charge in [-0.2, -0.15) is 0 Å². The summed E-state index contributed by atoms with van der Waals surface area (Å²) in [6.45, 7) is 4.02. The van der Waals surface area contributed by atoms with Crippen molar-refractivity contribution in [3.05, 3.63) is 46.9 Å². The van der Waals surface area contributed by atoms with Crippen LogP contribution in [0.1, 0.15) is 12.5 Å². The van der Waals surface area contributed by atoms with E-state index in [1.807, 2.05) is 31.2 Å². The second-order valence-corrected chi connectivity index (χ2v) is 6.38. The largest absolute Gasteiger partial charge is 0.495 e. The third kappa shape index (κ3) is 4.43. The van der Waals surface area contributed by atoms with Gasteiger partial charge in [0.15, 0.2) is 4.98 Å². The molecule has 0 aliphatic rings. The van der Waals surface area contributed by atoms with Crippen molar-refractivity contribution in [1.82, 2.24) is 0 Å². The molecule has 0 atom stereocenters. The van der Waals surface area contributed by atoms with Gasteiger partial charge in [0.2, 0.25) is 5.39 Å². The average molecular weight is 358 g/mol. The number of hydrogen-bond acceptors (Lipinski definition) is 5. The molecule has 0 heterocycles. The number of ether oxygens (including phenoxy) is 2. The van der Waals surface area contributed by atoms with Gasteiger partial charge in [0, 0.05) is 11.9 Å². The van der Waals surface area contributed by atoms with E-state index >= 15 is 0 Å². The van der Waals surface area contributed by atoms with E-state index in [2.05, 4.69) is 4.98 Å². The first-order valence-electron chi connectivity index (χ1n) is 7.72. The van der Waals surface area contributed by atoms with Crippen LogP contribution in [-0.4, -0.2) is 26.9 Å². The van der Waals surface area contributed by atoms with Crippen molar-refractivity contribution >= 4 is 29.2 Å². The van der Waals surface area contributed by atoms with E-state index < -0.39 is 6.09 Å². The quantitative estimate of drug-likeness (QED) is 0.684. The highest BCUT2D eigenvalue weighted by Crippen LogP contribution is 2.42. The van der Waals surface area contributed by atoms with E-state index in [1.54, 1.807) is 33.2 Å². The molecule has 6 nitrogen and oxygen atoms in total. The Morgan fingerprint density at radius 3 is 2.52 bits per heavy atom. The van der Waals surface area contributed by atoms with Crippen LogP contribution in [0.15, 0.2) is 46.2 Å². The Labute approximate surface area is 151 Å². The maximum atomic E-state index is 12.0. The summed E-state index contributed by atoms with van der Waals surface area (Å²) in [6, 6.07) is 11.4. The fourth-order valence-corrected chi connectivity index (χ4v) is 3.12. The molecule has 0 saturated carbocycles. The molecule has 2 aromatic rings. The van der Waals surface area contributed by atoms with Gasteiger partial charge in [-0.05, 0) is 32.0 Å². The fraction of sp³-hybridized carbons (Fsp3) is 0.278. The molecular formula is C18H20N3O3S+. The summed E-state index contributed by atoms with van der Waals surface area (Å²) in [7, 11) is 3.11. The van der Waals surface area contributed by atoms with E-state index in [9.17, 15) is 10.2 Å². The maximum Gasteiger partial charge on any atom is 0.414 e. The number of nitrogens with zero attached hydrogens (tertiary/aromatic N) is 3. The van der Waals surface area contributed by atoms with Gasteiger partial charge >= 0.3 is 11.8 Å². The number of benzene rings is 2. The minimum absolute atomic E-state index is 0.223. The van der Waals surface area contributed by atoms with Gasteiger partial charge in [-0.1, -0.05) is 29.5 Å². The minimum atomic E-state index is -0.524. The van der Waals surface area contributed by atoms with Crippen LogP contribution in [0, 0.1) is 12.3 Å². The second-order valence-electron chi connectivity index (χ2n) is 5.26. The van der Waals surface area contributed by atoms with Crippen LogP contribution in [0.5, 0.6) is 5.75 Å². The zero-order valence-electron chi connectivity index (χ0n) is 14.6. The number of diazo groups is 1. The van der Waals surface area contributed by atoms with Gasteiger partial charge in [0.05, 0.1) is 24.7 Å². The zero-order valence-corrected chi connectivity index (χ0v) is 15.5. The SMILES string of the molecule is CCOC(=O)N(C)c1cc(Sc2ccc(C)cc2)c(OC)cc1[N+]#N. The number of amides is 1. The van der Waals surface area contributed by atoms with Crippen LogP contribution in [0.2, 0.25) is 0 Å². The molecule has 0 aromatic heterocycles. The first-order valence-corrected chi connectivity index (χ1v) is 8.54. The molecule has 7 heteroatoms. The second kappa shape index (κ2) is 8.40. The Kier molecular flexibility index (Phi) is 6.25. The maximum absolute atomic E-state index is 12.0. The van der Waals surface area contributed by atoms with Crippen LogP contribution in [0.3, 0.4) is 0 Å². The molecule has 25 heavy (non-hydrogen) atoms. The molecule has 1 amide bonds. The molecule has 0 unspecified atom stereocenters. The molecule has 130 valence electrons. The summed E-state index contributed by atoms with van der Waals surface area (Å²) in [5.41, 5.74) is 1.82.